The van der Waals surface area contributed by atoms with E-state index in [0.717, 1.165) is 16.9 Å². The van der Waals surface area contributed by atoms with E-state index in [1.54, 1.807) is 21.3 Å². The summed E-state index contributed by atoms with van der Waals surface area (Å²) >= 11 is 0. The number of carbonyl (C=O) groups is 1. The summed E-state index contributed by atoms with van der Waals surface area (Å²) in [5.74, 6) is 2.93. The highest BCUT2D eigenvalue weighted by molar-refractivity contribution is 5.80. The van der Waals surface area contributed by atoms with Gasteiger partial charge in [0, 0.05) is 18.5 Å². The Kier molecular flexibility index (Phi) is 5.79. The molecule has 31 heavy (non-hydrogen) atoms. The molecule has 1 saturated heterocycles. The first kappa shape index (κ1) is 20.7. The van der Waals surface area contributed by atoms with Crippen LogP contribution in [0.2, 0.25) is 0 Å². The van der Waals surface area contributed by atoms with Crippen LogP contribution in [0.5, 0.6) is 17.2 Å². The lowest BCUT2D eigenvalue weighted by Gasteiger charge is -2.25. The number of methoxy groups -OCH3 is 3. The zero-order valence-corrected chi connectivity index (χ0v) is 18.0. The fraction of sp³-hybridized carbons (Fsp3) is 0.348. The number of rotatable bonds is 7. The number of benzene rings is 2. The Morgan fingerprint density at radius 3 is 2.45 bits per heavy atom. The average molecular weight is 423 g/mol. The molecule has 8 nitrogen and oxygen atoms in total. The number of likely N-dealkylation sites (tertiary alicyclic amines) is 1. The number of ether oxygens (including phenoxy) is 3. The molecule has 8 heteroatoms. The summed E-state index contributed by atoms with van der Waals surface area (Å²) < 4.78 is 21.4. The average Bonchev–Trinajstić information content (AvgIpc) is 3.45. The van der Waals surface area contributed by atoms with Crippen LogP contribution >= 0.6 is 0 Å². The van der Waals surface area contributed by atoms with Gasteiger partial charge in [0.05, 0.1) is 33.3 Å². The molecular formula is C23H25N3O5. The van der Waals surface area contributed by atoms with Crippen LogP contribution in [-0.2, 0) is 4.79 Å². The van der Waals surface area contributed by atoms with Gasteiger partial charge in [-0.3, -0.25) is 4.79 Å². The molecule has 2 atom stereocenters. The van der Waals surface area contributed by atoms with E-state index in [1.165, 1.54) is 0 Å². The van der Waals surface area contributed by atoms with Crippen molar-refractivity contribution in [3.63, 3.8) is 0 Å². The van der Waals surface area contributed by atoms with Crippen molar-refractivity contribution in [3.05, 3.63) is 53.9 Å². The smallest absolute Gasteiger partial charge is 0.232 e. The summed E-state index contributed by atoms with van der Waals surface area (Å²) in [5.41, 5.74) is 1.80. The number of carbonyl (C=O) groups excluding carboxylic acids is 1. The predicted octanol–water partition coefficient (Wildman–Crippen LogP) is 3.84. The maximum atomic E-state index is 12.8. The first-order valence-corrected chi connectivity index (χ1v) is 10.0. The Morgan fingerprint density at radius 1 is 1.03 bits per heavy atom. The van der Waals surface area contributed by atoms with Gasteiger partial charge in [0.25, 0.3) is 0 Å². The molecule has 0 aliphatic carbocycles. The van der Waals surface area contributed by atoms with Gasteiger partial charge in [-0.05, 0) is 48.9 Å². The largest absolute Gasteiger partial charge is 0.497 e. The molecule has 1 fully saturated rings. The number of hydrogen-bond donors (Lipinski definition) is 0. The van der Waals surface area contributed by atoms with Gasteiger partial charge in [-0.1, -0.05) is 11.2 Å². The molecule has 0 spiro atoms. The van der Waals surface area contributed by atoms with Gasteiger partial charge in [-0.15, -0.1) is 0 Å². The summed E-state index contributed by atoms with van der Waals surface area (Å²) in [6, 6.07) is 13.0. The molecule has 0 bridgehead atoms. The fourth-order valence-electron chi connectivity index (χ4n) is 3.82. The van der Waals surface area contributed by atoms with Crippen LogP contribution in [-0.4, -0.2) is 48.8 Å². The number of aromatic nitrogens is 2. The van der Waals surface area contributed by atoms with Crippen molar-refractivity contribution in [2.75, 3.05) is 27.9 Å². The molecule has 0 N–H and O–H groups in total. The summed E-state index contributed by atoms with van der Waals surface area (Å²) in [5, 5.41) is 4.09. The van der Waals surface area contributed by atoms with Gasteiger partial charge in [-0.2, -0.15) is 4.98 Å². The van der Waals surface area contributed by atoms with Gasteiger partial charge >= 0.3 is 0 Å². The Morgan fingerprint density at radius 2 is 1.77 bits per heavy atom. The molecular weight excluding hydrogens is 398 g/mol. The zero-order valence-electron chi connectivity index (χ0n) is 18.0. The highest BCUT2D eigenvalue weighted by Gasteiger charge is 2.37. The van der Waals surface area contributed by atoms with E-state index in [0.29, 0.717) is 36.2 Å². The molecule has 1 aliphatic heterocycles. The SMILES string of the molecule is COc1ccc(-c2noc(C3CC(=O)N(C(C)c4ccc(OC)c(OC)c4)C3)n2)cc1. The second-order valence-corrected chi connectivity index (χ2v) is 7.42. The van der Waals surface area contributed by atoms with E-state index in [1.807, 2.05) is 54.3 Å². The standard InChI is InChI=1S/C23H25N3O5/c1-14(16-7-10-19(29-3)20(11-16)30-4)26-13-17(12-21(26)27)23-24-22(25-31-23)15-5-8-18(28-2)9-6-15/h5-11,14,17H,12-13H2,1-4H3. The van der Waals surface area contributed by atoms with E-state index in [-0.39, 0.29) is 17.9 Å². The number of nitrogens with zero attached hydrogens (tertiary/aromatic N) is 3. The topological polar surface area (TPSA) is 86.9 Å². The third kappa shape index (κ3) is 4.05. The van der Waals surface area contributed by atoms with Crippen molar-refractivity contribution < 1.29 is 23.5 Å². The van der Waals surface area contributed by atoms with Crippen molar-refractivity contribution >= 4 is 5.91 Å². The van der Waals surface area contributed by atoms with Crippen LogP contribution < -0.4 is 14.2 Å². The number of hydrogen-bond acceptors (Lipinski definition) is 7. The molecule has 2 aromatic carbocycles. The third-order valence-electron chi connectivity index (χ3n) is 5.66. The lowest BCUT2D eigenvalue weighted by atomic mass is 10.1. The second-order valence-electron chi connectivity index (χ2n) is 7.42. The van der Waals surface area contributed by atoms with Crippen molar-refractivity contribution in [2.24, 2.45) is 0 Å². The molecule has 162 valence electrons. The lowest BCUT2D eigenvalue weighted by molar-refractivity contribution is -0.129. The highest BCUT2D eigenvalue weighted by Crippen LogP contribution is 2.36. The van der Waals surface area contributed by atoms with Gasteiger partial charge in [0.15, 0.2) is 11.5 Å². The van der Waals surface area contributed by atoms with Crippen LogP contribution in [0.4, 0.5) is 0 Å². The maximum Gasteiger partial charge on any atom is 0.232 e. The van der Waals surface area contributed by atoms with Crippen LogP contribution in [0.25, 0.3) is 11.4 Å². The van der Waals surface area contributed by atoms with Gasteiger partial charge in [0.2, 0.25) is 17.6 Å². The molecule has 0 radical (unpaired) electrons. The quantitative estimate of drug-likeness (QED) is 0.571. The van der Waals surface area contributed by atoms with Crippen LogP contribution in [0.3, 0.4) is 0 Å². The minimum Gasteiger partial charge on any atom is -0.497 e. The Balaban J connectivity index is 1.50. The number of amides is 1. The second kappa shape index (κ2) is 8.67. The van der Waals surface area contributed by atoms with Crippen LogP contribution in [0.15, 0.2) is 47.0 Å². The van der Waals surface area contributed by atoms with Crippen molar-refractivity contribution in [1.29, 1.82) is 0 Å². The van der Waals surface area contributed by atoms with E-state index in [2.05, 4.69) is 10.1 Å². The molecule has 4 rings (SSSR count). The van der Waals surface area contributed by atoms with Crippen molar-refractivity contribution in [2.45, 2.75) is 25.3 Å². The normalized spacial score (nSPS) is 17.0. The monoisotopic (exact) mass is 423 g/mol. The van der Waals surface area contributed by atoms with E-state index in [4.69, 9.17) is 18.7 Å². The summed E-state index contributed by atoms with van der Waals surface area (Å²) in [7, 11) is 4.81. The first-order valence-electron chi connectivity index (χ1n) is 10.0. The van der Waals surface area contributed by atoms with Crippen LogP contribution in [0.1, 0.15) is 36.8 Å². The molecule has 1 aliphatic rings. The van der Waals surface area contributed by atoms with Crippen LogP contribution in [0, 0.1) is 0 Å². The molecule has 2 heterocycles. The zero-order chi connectivity index (χ0) is 22.0. The van der Waals surface area contributed by atoms with E-state index >= 15 is 0 Å². The highest BCUT2D eigenvalue weighted by atomic mass is 16.5. The van der Waals surface area contributed by atoms with E-state index < -0.39 is 0 Å². The lowest BCUT2D eigenvalue weighted by Crippen LogP contribution is -2.28. The predicted molar refractivity (Wildman–Crippen MR) is 113 cm³/mol. The Hall–Kier alpha value is -3.55. The molecule has 2 unspecified atom stereocenters. The van der Waals surface area contributed by atoms with Crippen molar-refractivity contribution in [3.8, 4) is 28.6 Å². The maximum absolute atomic E-state index is 12.8. The minimum atomic E-state index is -0.144. The van der Waals surface area contributed by atoms with Crippen molar-refractivity contribution in [1.82, 2.24) is 15.0 Å². The van der Waals surface area contributed by atoms with Gasteiger partial charge in [-0.25, -0.2) is 0 Å². The molecule has 1 amide bonds. The first-order chi connectivity index (χ1) is 15.0. The van der Waals surface area contributed by atoms with Gasteiger partial charge < -0.3 is 23.6 Å². The fourth-order valence-corrected chi connectivity index (χ4v) is 3.82. The third-order valence-corrected chi connectivity index (χ3v) is 5.66. The van der Waals surface area contributed by atoms with Gasteiger partial charge in [0.1, 0.15) is 5.75 Å². The van der Waals surface area contributed by atoms with E-state index in [9.17, 15) is 4.79 Å². The molecule has 1 aromatic heterocycles. The summed E-state index contributed by atoms with van der Waals surface area (Å²) in [6.07, 6.45) is 0.335. The summed E-state index contributed by atoms with van der Waals surface area (Å²) in [4.78, 5) is 19.1. The minimum absolute atomic E-state index is 0.0523. The summed E-state index contributed by atoms with van der Waals surface area (Å²) in [6.45, 7) is 2.51. The molecule has 0 saturated carbocycles. The molecule has 3 aromatic rings. The Labute approximate surface area is 180 Å². The Bertz CT molecular complexity index is 1060.